The van der Waals surface area contributed by atoms with Gasteiger partial charge in [-0.1, -0.05) is 0 Å². The van der Waals surface area contributed by atoms with Crippen molar-refractivity contribution < 1.29 is 9.66 Å². The lowest BCUT2D eigenvalue weighted by Gasteiger charge is -2.10. The Balaban J connectivity index is 2.37. The van der Waals surface area contributed by atoms with E-state index >= 15 is 0 Å². The fourth-order valence-corrected chi connectivity index (χ4v) is 2.19. The highest BCUT2D eigenvalue weighted by molar-refractivity contribution is 9.10. The first kappa shape index (κ1) is 15.0. The number of benzene rings is 1. The highest BCUT2D eigenvalue weighted by atomic mass is 79.9. The number of pyridine rings is 1. The van der Waals surface area contributed by atoms with E-state index < -0.39 is 4.92 Å². The summed E-state index contributed by atoms with van der Waals surface area (Å²) >= 11 is 3.34. The number of nitrogen functional groups attached to an aromatic ring is 1. The predicted molar refractivity (Wildman–Crippen MR) is 82.7 cm³/mol. The first-order valence-electron chi connectivity index (χ1n) is 5.77. The van der Waals surface area contributed by atoms with Gasteiger partial charge in [-0.2, -0.15) is 0 Å². The minimum absolute atomic E-state index is 0.0903. The monoisotopic (exact) mass is 353 g/mol. The molecule has 0 radical (unpaired) electrons. The predicted octanol–water partition coefficient (Wildman–Crippen LogP) is 2.79. The maximum atomic E-state index is 11.0. The lowest BCUT2D eigenvalue weighted by Crippen LogP contribution is -2.10. The van der Waals surface area contributed by atoms with Crippen LogP contribution in [0, 0.1) is 10.1 Å². The van der Waals surface area contributed by atoms with Gasteiger partial charge in [0.1, 0.15) is 11.6 Å². The fourth-order valence-electron chi connectivity index (χ4n) is 1.65. The SMILES string of the molecule is COc1ccc(Nc2nc(NN)ccc2[N+](=O)[O-])cc1Br. The van der Waals surface area contributed by atoms with Gasteiger partial charge in [0, 0.05) is 11.8 Å². The normalized spacial score (nSPS) is 10.0. The van der Waals surface area contributed by atoms with Crippen LogP contribution in [0.2, 0.25) is 0 Å². The Kier molecular flexibility index (Phi) is 4.55. The van der Waals surface area contributed by atoms with E-state index in [1.54, 1.807) is 25.3 Å². The zero-order valence-electron chi connectivity index (χ0n) is 11.0. The van der Waals surface area contributed by atoms with Crippen LogP contribution in [0.3, 0.4) is 0 Å². The van der Waals surface area contributed by atoms with Gasteiger partial charge < -0.3 is 15.5 Å². The van der Waals surface area contributed by atoms with E-state index in [4.69, 9.17) is 10.6 Å². The number of anilines is 3. The van der Waals surface area contributed by atoms with E-state index in [0.717, 1.165) is 0 Å². The molecule has 0 aliphatic rings. The van der Waals surface area contributed by atoms with Gasteiger partial charge in [0.05, 0.1) is 16.5 Å². The van der Waals surface area contributed by atoms with Crippen molar-refractivity contribution in [1.29, 1.82) is 0 Å². The highest BCUT2D eigenvalue weighted by Gasteiger charge is 2.16. The molecule has 0 spiro atoms. The molecule has 1 heterocycles. The molecule has 2 rings (SSSR count). The van der Waals surface area contributed by atoms with E-state index in [9.17, 15) is 10.1 Å². The smallest absolute Gasteiger partial charge is 0.311 e. The Morgan fingerprint density at radius 1 is 1.38 bits per heavy atom. The number of methoxy groups -OCH3 is 1. The number of ether oxygens (including phenoxy) is 1. The Hall–Kier alpha value is -2.39. The summed E-state index contributed by atoms with van der Waals surface area (Å²) in [4.78, 5) is 14.5. The minimum atomic E-state index is -0.520. The maximum Gasteiger partial charge on any atom is 0.311 e. The molecule has 0 amide bonds. The Morgan fingerprint density at radius 2 is 2.14 bits per heavy atom. The third kappa shape index (κ3) is 3.38. The number of hydrogen-bond donors (Lipinski definition) is 3. The van der Waals surface area contributed by atoms with Crippen LogP contribution >= 0.6 is 15.9 Å². The van der Waals surface area contributed by atoms with Crippen LogP contribution in [-0.2, 0) is 0 Å². The van der Waals surface area contributed by atoms with E-state index in [-0.39, 0.29) is 11.5 Å². The van der Waals surface area contributed by atoms with Crippen molar-refractivity contribution in [3.8, 4) is 5.75 Å². The van der Waals surface area contributed by atoms with Gasteiger partial charge in [-0.05, 0) is 40.2 Å². The summed E-state index contributed by atoms with van der Waals surface area (Å²) in [5.41, 5.74) is 2.81. The van der Waals surface area contributed by atoms with E-state index in [1.807, 2.05) is 0 Å². The molecule has 0 aliphatic heterocycles. The summed E-state index contributed by atoms with van der Waals surface area (Å²) in [6.07, 6.45) is 0. The summed E-state index contributed by atoms with van der Waals surface area (Å²) < 4.78 is 5.84. The van der Waals surface area contributed by atoms with E-state index in [1.165, 1.54) is 12.1 Å². The lowest BCUT2D eigenvalue weighted by molar-refractivity contribution is -0.384. The van der Waals surface area contributed by atoms with E-state index in [0.29, 0.717) is 21.7 Å². The molecule has 0 saturated heterocycles. The Bertz CT molecular complexity index is 680. The number of halogens is 1. The lowest BCUT2D eigenvalue weighted by atomic mass is 10.3. The molecule has 0 fully saturated rings. The molecule has 8 nitrogen and oxygen atoms in total. The third-order valence-electron chi connectivity index (χ3n) is 2.63. The zero-order valence-corrected chi connectivity index (χ0v) is 12.5. The zero-order chi connectivity index (χ0) is 15.4. The van der Waals surface area contributed by atoms with Crippen molar-refractivity contribution in [1.82, 2.24) is 4.98 Å². The third-order valence-corrected chi connectivity index (χ3v) is 3.25. The number of hydrazine groups is 1. The number of hydrogen-bond acceptors (Lipinski definition) is 7. The molecule has 0 unspecified atom stereocenters. The Morgan fingerprint density at radius 3 is 2.71 bits per heavy atom. The first-order chi connectivity index (χ1) is 10.0. The topological polar surface area (TPSA) is 115 Å². The minimum Gasteiger partial charge on any atom is -0.496 e. The number of nitrogens with zero attached hydrogens (tertiary/aromatic N) is 2. The van der Waals surface area contributed by atoms with Crippen molar-refractivity contribution in [3.05, 3.63) is 44.9 Å². The van der Waals surface area contributed by atoms with Crippen molar-refractivity contribution in [3.63, 3.8) is 0 Å². The molecule has 0 saturated carbocycles. The molecule has 1 aromatic carbocycles. The van der Waals surface area contributed by atoms with Gasteiger partial charge in [-0.15, -0.1) is 0 Å². The average Bonchev–Trinajstić information content (AvgIpc) is 2.47. The summed E-state index contributed by atoms with van der Waals surface area (Å²) in [6.45, 7) is 0. The average molecular weight is 354 g/mol. The number of nitrogens with one attached hydrogen (secondary N) is 2. The van der Waals surface area contributed by atoms with Crippen LogP contribution in [-0.4, -0.2) is 17.0 Å². The van der Waals surface area contributed by atoms with Crippen LogP contribution in [0.1, 0.15) is 0 Å². The molecular weight excluding hydrogens is 342 g/mol. The highest BCUT2D eigenvalue weighted by Crippen LogP contribution is 2.31. The summed E-state index contributed by atoms with van der Waals surface area (Å²) in [5.74, 6) is 6.32. The van der Waals surface area contributed by atoms with Gasteiger partial charge in [0.25, 0.3) is 0 Å². The van der Waals surface area contributed by atoms with Crippen molar-refractivity contribution in [2.45, 2.75) is 0 Å². The number of nitrogens with two attached hydrogens (primary N) is 1. The Labute approximate surface area is 128 Å². The molecule has 0 bridgehead atoms. The van der Waals surface area contributed by atoms with Gasteiger partial charge in [-0.25, -0.2) is 10.8 Å². The second kappa shape index (κ2) is 6.37. The van der Waals surface area contributed by atoms with Crippen molar-refractivity contribution in [2.24, 2.45) is 5.84 Å². The standard InChI is InChI=1S/C12H12BrN5O3/c1-21-10-4-2-7(6-8(10)13)15-12-9(18(19)20)3-5-11(16-12)17-14/h2-6H,14H2,1H3,(H2,15,16,17). The molecule has 2 aromatic rings. The number of rotatable bonds is 5. The molecule has 0 atom stereocenters. The van der Waals surface area contributed by atoms with E-state index in [2.05, 4.69) is 31.7 Å². The van der Waals surface area contributed by atoms with Crippen LogP contribution in [0.25, 0.3) is 0 Å². The van der Waals surface area contributed by atoms with Crippen LogP contribution in [0.4, 0.5) is 23.0 Å². The largest absolute Gasteiger partial charge is 0.496 e. The summed E-state index contributed by atoms with van der Waals surface area (Å²) in [6, 6.07) is 7.92. The molecule has 110 valence electrons. The van der Waals surface area contributed by atoms with Gasteiger partial charge in [0.15, 0.2) is 0 Å². The first-order valence-corrected chi connectivity index (χ1v) is 6.57. The fraction of sp³-hybridized carbons (Fsp3) is 0.0833. The van der Waals surface area contributed by atoms with Crippen LogP contribution in [0.5, 0.6) is 5.75 Å². The summed E-state index contributed by atoms with van der Waals surface area (Å²) in [5, 5.41) is 13.9. The molecule has 9 heteroatoms. The molecule has 21 heavy (non-hydrogen) atoms. The molecule has 0 aliphatic carbocycles. The number of aromatic nitrogens is 1. The number of nitro groups is 1. The van der Waals surface area contributed by atoms with Crippen LogP contribution < -0.4 is 21.3 Å². The van der Waals surface area contributed by atoms with Gasteiger partial charge in [-0.3, -0.25) is 10.1 Å². The molecule has 4 N–H and O–H groups in total. The van der Waals surface area contributed by atoms with Gasteiger partial charge >= 0.3 is 5.69 Å². The van der Waals surface area contributed by atoms with Crippen molar-refractivity contribution >= 4 is 38.9 Å². The molecule has 1 aromatic heterocycles. The maximum absolute atomic E-state index is 11.0. The molecular formula is C12H12BrN5O3. The van der Waals surface area contributed by atoms with Crippen molar-refractivity contribution in [2.75, 3.05) is 17.9 Å². The quantitative estimate of drug-likeness (QED) is 0.430. The second-order valence-corrected chi connectivity index (χ2v) is 4.79. The van der Waals surface area contributed by atoms with Gasteiger partial charge in [0.2, 0.25) is 5.82 Å². The summed E-state index contributed by atoms with van der Waals surface area (Å²) in [7, 11) is 1.55. The second-order valence-electron chi connectivity index (χ2n) is 3.94. The van der Waals surface area contributed by atoms with Crippen LogP contribution in [0.15, 0.2) is 34.8 Å².